The van der Waals surface area contributed by atoms with Gasteiger partial charge in [-0.25, -0.2) is 9.78 Å². The average Bonchev–Trinajstić information content (AvgIpc) is 3.09. The van der Waals surface area contributed by atoms with Gasteiger partial charge in [0, 0.05) is 30.9 Å². The molecular formula is C28H36N8O2. The smallest absolute Gasteiger partial charge is 0.317 e. The van der Waals surface area contributed by atoms with Crippen molar-refractivity contribution >= 4 is 34.3 Å². The van der Waals surface area contributed by atoms with E-state index in [4.69, 9.17) is 5.73 Å². The molecule has 0 spiro atoms. The number of nitrogens with one attached hydrogen (secondary N) is 2. The fraction of sp³-hybridized carbons (Fsp3) is 0.500. The SMILES string of the molecule is CC1CCCC(NC(=O)N2CCCCC2)CC1Cc1nnc(C(N)=O)c(Nc2cnc3ccccc3c2)n1. The number of rotatable bonds is 6. The Morgan fingerprint density at radius 1 is 1.08 bits per heavy atom. The summed E-state index contributed by atoms with van der Waals surface area (Å²) >= 11 is 0. The molecule has 3 unspecified atom stereocenters. The first-order valence-corrected chi connectivity index (χ1v) is 13.7. The number of nitrogens with zero attached hydrogens (tertiary/aromatic N) is 5. The minimum Gasteiger partial charge on any atom is -0.364 e. The molecule has 10 nitrogen and oxygen atoms in total. The number of likely N-dealkylation sites (tertiary alicyclic amines) is 1. The van der Waals surface area contributed by atoms with Gasteiger partial charge in [0.05, 0.1) is 17.4 Å². The standard InChI is InChI=1S/C28H36N8O2/c1-18-8-7-10-21(32-28(38)36-12-5-2-6-13-36)15-20(18)16-24-33-27(25(26(29)37)35-34-24)31-22-14-19-9-3-4-11-23(19)30-17-22/h3-4,9,11,14,17-18,20-21H,2,5-8,10,12-13,15-16H2,1H3,(H2,29,37)(H,32,38)(H,31,33,34). The summed E-state index contributed by atoms with van der Waals surface area (Å²) in [4.78, 5) is 36.0. The van der Waals surface area contributed by atoms with Crippen molar-refractivity contribution in [3.63, 3.8) is 0 Å². The lowest BCUT2D eigenvalue weighted by Gasteiger charge is -2.30. The van der Waals surface area contributed by atoms with Crippen LogP contribution in [0.4, 0.5) is 16.3 Å². The zero-order valence-corrected chi connectivity index (χ0v) is 21.9. The molecule has 1 aromatic carbocycles. The number of hydrogen-bond acceptors (Lipinski definition) is 7. The number of anilines is 2. The normalized spacial score (nSPS) is 22.0. The summed E-state index contributed by atoms with van der Waals surface area (Å²) in [5.74, 6) is 0.853. The summed E-state index contributed by atoms with van der Waals surface area (Å²) in [6.45, 7) is 3.93. The Morgan fingerprint density at radius 3 is 2.71 bits per heavy atom. The number of benzene rings is 1. The second-order valence-electron chi connectivity index (χ2n) is 10.6. The third-order valence-electron chi connectivity index (χ3n) is 7.84. The predicted molar refractivity (Wildman–Crippen MR) is 146 cm³/mol. The Bertz CT molecular complexity index is 1290. The van der Waals surface area contributed by atoms with E-state index in [1.165, 1.54) is 6.42 Å². The molecular weight excluding hydrogens is 480 g/mol. The summed E-state index contributed by atoms with van der Waals surface area (Å²) < 4.78 is 0. The molecule has 0 bridgehead atoms. The van der Waals surface area contributed by atoms with Crippen molar-refractivity contribution in [1.82, 2.24) is 30.4 Å². The number of hydrogen-bond donors (Lipinski definition) is 3. The quantitative estimate of drug-likeness (QED) is 0.417. The van der Waals surface area contributed by atoms with Crippen molar-refractivity contribution in [2.75, 3.05) is 18.4 Å². The summed E-state index contributed by atoms with van der Waals surface area (Å²) in [5.41, 5.74) is 7.12. The van der Waals surface area contributed by atoms with Crippen LogP contribution in [0.3, 0.4) is 0 Å². The zero-order chi connectivity index (χ0) is 26.5. The van der Waals surface area contributed by atoms with Crippen molar-refractivity contribution in [3.8, 4) is 0 Å². The van der Waals surface area contributed by atoms with Crippen LogP contribution in [0, 0.1) is 11.8 Å². The number of carbonyl (C=O) groups excluding carboxylic acids is 2. The van der Waals surface area contributed by atoms with Gasteiger partial charge in [-0.2, -0.15) is 0 Å². The third kappa shape index (κ3) is 6.17. The minimum atomic E-state index is -0.698. The van der Waals surface area contributed by atoms with E-state index >= 15 is 0 Å². The minimum absolute atomic E-state index is 0.0116. The molecule has 2 aromatic heterocycles. The Kier molecular flexibility index (Phi) is 7.95. The third-order valence-corrected chi connectivity index (χ3v) is 7.84. The van der Waals surface area contributed by atoms with Gasteiger partial charge in [-0.15, -0.1) is 10.2 Å². The van der Waals surface area contributed by atoms with Crippen molar-refractivity contribution in [1.29, 1.82) is 0 Å². The largest absolute Gasteiger partial charge is 0.364 e. The molecule has 10 heteroatoms. The van der Waals surface area contributed by atoms with Gasteiger partial charge in [0.1, 0.15) is 0 Å². The molecule has 2 fully saturated rings. The zero-order valence-electron chi connectivity index (χ0n) is 21.9. The highest BCUT2D eigenvalue weighted by atomic mass is 16.2. The van der Waals surface area contributed by atoms with Crippen molar-refractivity contribution in [2.24, 2.45) is 17.6 Å². The van der Waals surface area contributed by atoms with Crippen molar-refractivity contribution in [2.45, 2.75) is 64.3 Å². The maximum absolute atomic E-state index is 12.8. The second kappa shape index (κ2) is 11.7. The van der Waals surface area contributed by atoms with E-state index < -0.39 is 5.91 Å². The first kappa shape index (κ1) is 25.8. The van der Waals surface area contributed by atoms with E-state index in [0.717, 1.165) is 62.5 Å². The molecule has 0 radical (unpaired) electrons. The second-order valence-corrected chi connectivity index (χ2v) is 10.6. The maximum Gasteiger partial charge on any atom is 0.317 e. The molecule has 5 rings (SSSR count). The number of primary amides is 1. The monoisotopic (exact) mass is 516 g/mol. The lowest BCUT2D eigenvalue weighted by molar-refractivity contribution is 0.0995. The topological polar surface area (TPSA) is 139 Å². The van der Waals surface area contributed by atoms with Gasteiger partial charge in [-0.3, -0.25) is 9.78 Å². The van der Waals surface area contributed by atoms with Crippen LogP contribution < -0.4 is 16.4 Å². The highest BCUT2D eigenvalue weighted by Gasteiger charge is 2.29. The van der Waals surface area contributed by atoms with E-state index in [2.05, 4.69) is 37.7 Å². The van der Waals surface area contributed by atoms with Crippen LogP contribution in [-0.2, 0) is 6.42 Å². The Hall–Kier alpha value is -3.82. The number of carbonyl (C=O) groups is 2. The number of urea groups is 1. The Balaban J connectivity index is 1.31. The molecule has 3 heterocycles. The number of aromatic nitrogens is 4. The van der Waals surface area contributed by atoms with Crippen LogP contribution in [0.2, 0.25) is 0 Å². The number of fused-ring (bicyclic) bond motifs is 1. The molecule has 1 aliphatic heterocycles. The average molecular weight is 517 g/mol. The summed E-state index contributed by atoms with van der Waals surface area (Å²) in [7, 11) is 0. The molecule has 2 aliphatic rings. The Labute approximate surface area is 222 Å². The molecule has 200 valence electrons. The van der Waals surface area contributed by atoms with E-state index in [-0.39, 0.29) is 29.5 Å². The maximum atomic E-state index is 12.8. The number of nitrogens with two attached hydrogens (primary N) is 1. The lowest BCUT2D eigenvalue weighted by Crippen LogP contribution is -2.47. The van der Waals surface area contributed by atoms with Gasteiger partial charge in [0.15, 0.2) is 17.3 Å². The van der Waals surface area contributed by atoms with Crippen LogP contribution >= 0.6 is 0 Å². The summed E-state index contributed by atoms with van der Waals surface area (Å²) in [5, 5.41) is 15.8. The fourth-order valence-corrected chi connectivity index (χ4v) is 5.63. The molecule has 38 heavy (non-hydrogen) atoms. The molecule has 1 saturated heterocycles. The van der Waals surface area contributed by atoms with E-state index in [1.54, 1.807) is 6.20 Å². The molecule has 1 aliphatic carbocycles. The van der Waals surface area contributed by atoms with Gasteiger partial charge in [0.2, 0.25) is 0 Å². The van der Waals surface area contributed by atoms with Gasteiger partial charge in [-0.05, 0) is 56.1 Å². The van der Waals surface area contributed by atoms with Crippen LogP contribution in [0.15, 0.2) is 36.5 Å². The first-order chi connectivity index (χ1) is 18.5. The van der Waals surface area contributed by atoms with Crippen LogP contribution in [-0.4, -0.2) is 56.1 Å². The molecule has 4 N–H and O–H groups in total. The van der Waals surface area contributed by atoms with Gasteiger partial charge >= 0.3 is 6.03 Å². The number of piperidine rings is 1. The highest BCUT2D eigenvalue weighted by Crippen LogP contribution is 2.31. The molecule has 3 amide bonds. The van der Waals surface area contributed by atoms with Crippen molar-refractivity contribution in [3.05, 3.63) is 48.0 Å². The van der Waals surface area contributed by atoms with Crippen molar-refractivity contribution < 1.29 is 9.59 Å². The Morgan fingerprint density at radius 2 is 1.89 bits per heavy atom. The number of para-hydroxylation sites is 1. The van der Waals surface area contributed by atoms with Gasteiger partial charge in [0.25, 0.3) is 5.91 Å². The molecule has 3 atom stereocenters. The van der Waals surface area contributed by atoms with E-state index in [9.17, 15) is 9.59 Å². The predicted octanol–water partition coefficient (Wildman–Crippen LogP) is 4.20. The first-order valence-electron chi connectivity index (χ1n) is 13.7. The van der Waals surface area contributed by atoms with E-state index in [1.807, 2.05) is 35.2 Å². The van der Waals surface area contributed by atoms with Crippen LogP contribution in [0.5, 0.6) is 0 Å². The molecule has 1 saturated carbocycles. The number of pyridine rings is 1. The lowest BCUT2D eigenvalue weighted by atomic mass is 9.86. The highest BCUT2D eigenvalue weighted by molar-refractivity contribution is 5.96. The van der Waals surface area contributed by atoms with Crippen LogP contribution in [0.25, 0.3) is 10.9 Å². The van der Waals surface area contributed by atoms with Crippen LogP contribution in [0.1, 0.15) is 68.2 Å². The van der Waals surface area contributed by atoms with Gasteiger partial charge < -0.3 is 21.3 Å². The van der Waals surface area contributed by atoms with Gasteiger partial charge in [-0.1, -0.05) is 38.0 Å². The fourth-order valence-electron chi connectivity index (χ4n) is 5.63. The van der Waals surface area contributed by atoms with E-state index in [0.29, 0.717) is 23.9 Å². The number of amides is 3. The summed E-state index contributed by atoms with van der Waals surface area (Å²) in [6.07, 6.45) is 9.64. The molecule has 3 aromatic rings. The summed E-state index contributed by atoms with van der Waals surface area (Å²) in [6, 6.07) is 9.92.